The zero-order valence-electron chi connectivity index (χ0n) is 8.75. The number of nitrogens with zero attached hydrogens (tertiary/aromatic N) is 1. The Bertz CT molecular complexity index is 627. The SMILES string of the molecule is N#Cc1ccc2c(c1)C(CC(=O)O)CS2(=O)=O. The number of aliphatic carboxylic acids is 1. The van der Waals surface area contributed by atoms with E-state index in [4.69, 9.17) is 10.4 Å². The maximum atomic E-state index is 11.8. The Morgan fingerprint density at radius 2 is 2.24 bits per heavy atom. The molecule has 1 aromatic carbocycles. The van der Waals surface area contributed by atoms with E-state index in [2.05, 4.69) is 0 Å². The van der Waals surface area contributed by atoms with E-state index < -0.39 is 21.7 Å². The van der Waals surface area contributed by atoms with Crippen LogP contribution in [0.4, 0.5) is 0 Å². The number of carboxylic acid groups (broad SMARTS) is 1. The van der Waals surface area contributed by atoms with Crippen molar-refractivity contribution in [2.75, 3.05) is 5.75 Å². The number of hydrogen-bond donors (Lipinski definition) is 1. The number of fused-ring (bicyclic) bond motifs is 1. The molecule has 0 amide bonds. The van der Waals surface area contributed by atoms with Crippen LogP contribution < -0.4 is 0 Å². The normalized spacial score (nSPS) is 20.5. The van der Waals surface area contributed by atoms with E-state index in [-0.39, 0.29) is 17.1 Å². The number of sulfone groups is 1. The predicted octanol–water partition coefficient (Wildman–Crippen LogP) is 0.904. The minimum absolute atomic E-state index is 0.155. The lowest BCUT2D eigenvalue weighted by molar-refractivity contribution is -0.137. The van der Waals surface area contributed by atoms with Gasteiger partial charge in [-0.05, 0) is 23.8 Å². The van der Waals surface area contributed by atoms with Crippen LogP contribution in [0.1, 0.15) is 23.5 Å². The van der Waals surface area contributed by atoms with Gasteiger partial charge in [-0.3, -0.25) is 4.79 Å². The molecule has 1 aliphatic rings. The predicted molar refractivity (Wildman–Crippen MR) is 58.2 cm³/mol. The summed E-state index contributed by atoms with van der Waals surface area (Å²) < 4.78 is 23.5. The molecule has 1 heterocycles. The second-order valence-corrected chi connectivity index (χ2v) is 5.94. The maximum absolute atomic E-state index is 11.8. The first-order chi connectivity index (χ1) is 7.94. The molecular weight excluding hydrogens is 242 g/mol. The topological polar surface area (TPSA) is 95.2 Å². The molecule has 1 aromatic rings. The molecule has 1 aliphatic heterocycles. The van der Waals surface area contributed by atoms with Gasteiger partial charge in [0.2, 0.25) is 0 Å². The van der Waals surface area contributed by atoms with Gasteiger partial charge in [0.25, 0.3) is 0 Å². The molecule has 2 rings (SSSR count). The number of nitriles is 1. The van der Waals surface area contributed by atoms with Crippen LogP contribution in [0, 0.1) is 11.3 Å². The summed E-state index contributed by atoms with van der Waals surface area (Å²) in [5.41, 5.74) is 0.794. The number of benzene rings is 1. The number of carboxylic acids is 1. The second-order valence-electron chi connectivity index (χ2n) is 3.94. The third-order valence-electron chi connectivity index (χ3n) is 2.76. The van der Waals surface area contributed by atoms with Crippen LogP contribution in [0.25, 0.3) is 0 Å². The first-order valence-electron chi connectivity index (χ1n) is 4.92. The third kappa shape index (κ3) is 2.01. The monoisotopic (exact) mass is 251 g/mol. The van der Waals surface area contributed by atoms with Gasteiger partial charge in [0.15, 0.2) is 9.84 Å². The molecule has 0 aliphatic carbocycles. The Kier molecular flexibility index (Phi) is 2.63. The summed E-state index contributed by atoms with van der Waals surface area (Å²) >= 11 is 0. The smallest absolute Gasteiger partial charge is 0.303 e. The van der Waals surface area contributed by atoms with Crippen molar-refractivity contribution in [3.63, 3.8) is 0 Å². The van der Waals surface area contributed by atoms with Crippen LogP contribution in [0.2, 0.25) is 0 Å². The first-order valence-corrected chi connectivity index (χ1v) is 6.58. The van der Waals surface area contributed by atoms with Gasteiger partial charge in [0, 0.05) is 5.92 Å². The highest BCUT2D eigenvalue weighted by atomic mass is 32.2. The van der Waals surface area contributed by atoms with Gasteiger partial charge < -0.3 is 5.11 Å². The fraction of sp³-hybridized carbons (Fsp3) is 0.273. The van der Waals surface area contributed by atoms with Crippen molar-refractivity contribution >= 4 is 15.8 Å². The molecule has 0 fully saturated rings. The van der Waals surface area contributed by atoms with Crippen molar-refractivity contribution in [3.05, 3.63) is 29.3 Å². The van der Waals surface area contributed by atoms with Crippen molar-refractivity contribution in [2.45, 2.75) is 17.2 Å². The third-order valence-corrected chi connectivity index (χ3v) is 4.64. The summed E-state index contributed by atoms with van der Waals surface area (Å²) in [6.07, 6.45) is -0.235. The summed E-state index contributed by atoms with van der Waals surface area (Å²) in [6, 6.07) is 6.19. The fourth-order valence-electron chi connectivity index (χ4n) is 2.04. The Balaban J connectivity index is 2.55. The second kappa shape index (κ2) is 3.86. The van der Waals surface area contributed by atoms with Gasteiger partial charge in [0.05, 0.1) is 28.7 Å². The van der Waals surface area contributed by atoms with Gasteiger partial charge >= 0.3 is 5.97 Å². The van der Waals surface area contributed by atoms with Gasteiger partial charge in [0.1, 0.15) is 0 Å². The maximum Gasteiger partial charge on any atom is 0.303 e. The van der Waals surface area contributed by atoms with E-state index in [0.717, 1.165) is 0 Å². The molecule has 0 radical (unpaired) electrons. The average Bonchev–Trinajstić information content (AvgIpc) is 2.49. The first kappa shape index (κ1) is 11.6. The highest BCUT2D eigenvalue weighted by Crippen LogP contribution is 2.37. The lowest BCUT2D eigenvalue weighted by atomic mass is 9.96. The van der Waals surface area contributed by atoms with Crippen molar-refractivity contribution < 1.29 is 18.3 Å². The van der Waals surface area contributed by atoms with E-state index in [1.54, 1.807) is 0 Å². The van der Waals surface area contributed by atoms with E-state index in [1.165, 1.54) is 18.2 Å². The largest absolute Gasteiger partial charge is 0.481 e. The molecule has 0 aromatic heterocycles. The summed E-state index contributed by atoms with van der Waals surface area (Å²) in [5, 5.41) is 17.5. The lowest BCUT2D eigenvalue weighted by Crippen LogP contribution is -2.08. The molecular formula is C11H9NO4S. The minimum Gasteiger partial charge on any atom is -0.481 e. The van der Waals surface area contributed by atoms with Crippen molar-refractivity contribution in [1.29, 1.82) is 5.26 Å². The van der Waals surface area contributed by atoms with Gasteiger partial charge in [-0.2, -0.15) is 5.26 Å². The van der Waals surface area contributed by atoms with Crippen molar-refractivity contribution in [3.8, 4) is 6.07 Å². The van der Waals surface area contributed by atoms with Crippen LogP contribution in [0.15, 0.2) is 23.1 Å². The summed E-state index contributed by atoms with van der Waals surface area (Å²) in [6.45, 7) is 0. The number of carbonyl (C=O) groups is 1. The van der Waals surface area contributed by atoms with Gasteiger partial charge in [-0.1, -0.05) is 0 Å². The van der Waals surface area contributed by atoms with E-state index in [9.17, 15) is 13.2 Å². The van der Waals surface area contributed by atoms with Crippen molar-refractivity contribution in [2.24, 2.45) is 0 Å². The molecule has 0 saturated carbocycles. The molecule has 0 bridgehead atoms. The zero-order valence-corrected chi connectivity index (χ0v) is 9.57. The minimum atomic E-state index is -3.40. The summed E-state index contributed by atoms with van der Waals surface area (Å²) in [5.74, 6) is -1.79. The molecule has 1 N–H and O–H groups in total. The number of hydrogen-bond acceptors (Lipinski definition) is 4. The molecule has 0 saturated heterocycles. The average molecular weight is 251 g/mol. The molecule has 0 spiro atoms. The molecule has 17 heavy (non-hydrogen) atoms. The van der Waals surface area contributed by atoms with Crippen LogP contribution >= 0.6 is 0 Å². The molecule has 5 nitrogen and oxygen atoms in total. The van der Waals surface area contributed by atoms with E-state index >= 15 is 0 Å². The quantitative estimate of drug-likeness (QED) is 0.842. The van der Waals surface area contributed by atoms with Gasteiger partial charge in [-0.25, -0.2) is 8.42 Å². The fourth-order valence-corrected chi connectivity index (χ4v) is 3.91. The molecule has 1 atom stereocenters. The molecule has 88 valence electrons. The molecule has 1 unspecified atom stereocenters. The van der Waals surface area contributed by atoms with Crippen LogP contribution in [-0.2, 0) is 14.6 Å². The van der Waals surface area contributed by atoms with Crippen LogP contribution in [0.5, 0.6) is 0 Å². The Morgan fingerprint density at radius 3 is 2.82 bits per heavy atom. The Morgan fingerprint density at radius 1 is 1.53 bits per heavy atom. The van der Waals surface area contributed by atoms with Crippen LogP contribution in [0.3, 0.4) is 0 Å². The Hall–Kier alpha value is -1.87. The zero-order chi connectivity index (χ0) is 12.6. The summed E-state index contributed by atoms with van der Waals surface area (Å²) in [7, 11) is -3.40. The van der Waals surface area contributed by atoms with Crippen molar-refractivity contribution in [1.82, 2.24) is 0 Å². The van der Waals surface area contributed by atoms with Crippen LogP contribution in [-0.4, -0.2) is 25.2 Å². The number of rotatable bonds is 2. The highest BCUT2D eigenvalue weighted by Gasteiger charge is 2.35. The van der Waals surface area contributed by atoms with E-state index in [1.807, 2.05) is 6.07 Å². The van der Waals surface area contributed by atoms with Gasteiger partial charge in [-0.15, -0.1) is 0 Å². The Labute approximate surface area is 98.2 Å². The summed E-state index contributed by atoms with van der Waals surface area (Å²) in [4.78, 5) is 10.8. The van der Waals surface area contributed by atoms with E-state index in [0.29, 0.717) is 11.1 Å². The highest BCUT2D eigenvalue weighted by molar-refractivity contribution is 7.91. The lowest BCUT2D eigenvalue weighted by Gasteiger charge is -2.05. The standard InChI is InChI=1S/C11H9NO4S/c12-5-7-1-2-10-9(3-7)8(4-11(13)14)6-17(10,15)16/h1-3,8H,4,6H2,(H,13,14). The molecule has 6 heteroatoms.